The van der Waals surface area contributed by atoms with Crippen molar-refractivity contribution in [2.45, 2.75) is 33.2 Å². The van der Waals surface area contributed by atoms with Crippen molar-refractivity contribution in [1.29, 1.82) is 0 Å². The summed E-state index contributed by atoms with van der Waals surface area (Å²) in [5.74, 6) is 1.71. The number of carboxylic acid groups (broad SMARTS) is 1. The van der Waals surface area contributed by atoms with E-state index in [1.807, 2.05) is 0 Å². The Hall–Kier alpha value is -2.90. The topological polar surface area (TPSA) is 90.4 Å². The number of halogens is 1. The molecule has 1 aliphatic rings. The Bertz CT molecular complexity index is 805. The third-order valence-electron chi connectivity index (χ3n) is 5.18. The number of carbonyl (C=O) groups is 1. The van der Waals surface area contributed by atoms with E-state index in [0.717, 1.165) is 31.8 Å². The minimum atomic E-state index is -1.19. The number of nitrogens with zero attached hydrogens (tertiary/aromatic N) is 3. The summed E-state index contributed by atoms with van der Waals surface area (Å²) in [6.45, 7) is 6.40. The van der Waals surface area contributed by atoms with E-state index in [4.69, 9.17) is 5.11 Å². The van der Waals surface area contributed by atoms with Crippen molar-refractivity contribution in [1.82, 2.24) is 15.3 Å². The van der Waals surface area contributed by atoms with Crippen LogP contribution in [0.4, 0.5) is 26.5 Å². The second kappa shape index (κ2) is 8.86. The summed E-state index contributed by atoms with van der Waals surface area (Å²) in [5.41, 5.74) is 1.49. The van der Waals surface area contributed by atoms with E-state index in [2.05, 4.69) is 39.3 Å². The molecule has 150 valence electrons. The predicted molar refractivity (Wildman–Crippen MR) is 106 cm³/mol. The Morgan fingerprint density at radius 1 is 1.25 bits per heavy atom. The summed E-state index contributed by atoms with van der Waals surface area (Å²) in [4.78, 5) is 21.6. The lowest BCUT2D eigenvalue weighted by atomic mass is 9.87. The number of nitrogens with one attached hydrogen (secondary N) is 2. The average Bonchev–Trinajstić information content (AvgIpc) is 2.68. The van der Waals surface area contributed by atoms with E-state index >= 15 is 0 Å². The molecule has 1 fully saturated rings. The number of aromatic nitrogens is 2. The number of rotatable bonds is 6. The molecule has 2 aromatic rings. The van der Waals surface area contributed by atoms with Gasteiger partial charge in [0.1, 0.15) is 5.82 Å². The van der Waals surface area contributed by atoms with E-state index in [-0.39, 0.29) is 12.1 Å². The average molecular weight is 387 g/mol. The zero-order chi connectivity index (χ0) is 20.1. The summed E-state index contributed by atoms with van der Waals surface area (Å²) in [6.07, 6.45) is 4.50. The van der Waals surface area contributed by atoms with Crippen LogP contribution in [0.5, 0.6) is 0 Å². The van der Waals surface area contributed by atoms with Crippen LogP contribution in [-0.4, -0.2) is 34.3 Å². The highest BCUT2D eigenvalue weighted by Crippen LogP contribution is 2.26. The molecule has 0 saturated carbocycles. The minimum Gasteiger partial charge on any atom is -0.465 e. The SMILES string of the molecule is CC(C)C1CCN(c2ncc(Nc3ccc(CNC(=O)O)c(F)c3)cn2)CC1. The Kier molecular flexibility index (Phi) is 6.28. The summed E-state index contributed by atoms with van der Waals surface area (Å²) < 4.78 is 14.1. The van der Waals surface area contributed by atoms with E-state index in [1.165, 1.54) is 6.07 Å². The van der Waals surface area contributed by atoms with Crippen LogP contribution in [0.3, 0.4) is 0 Å². The molecule has 3 N–H and O–H groups in total. The van der Waals surface area contributed by atoms with Gasteiger partial charge in [0.05, 0.1) is 18.1 Å². The first-order valence-corrected chi connectivity index (χ1v) is 9.51. The highest BCUT2D eigenvalue weighted by molar-refractivity contribution is 5.64. The molecule has 1 aromatic heterocycles. The first-order valence-electron chi connectivity index (χ1n) is 9.51. The van der Waals surface area contributed by atoms with Gasteiger partial charge in [-0.05, 0) is 36.8 Å². The van der Waals surface area contributed by atoms with Crippen LogP contribution in [-0.2, 0) is 6.54 Å². The first-order chi connectivity index (χ1) is 13.4. The quantitative estimate of drug-likeness (QED) is 0.694. The summed E-state index contributed by atoms with van der Waals surface area (Å²) in [5, 5.41) is 13.8. The molecule has 1 amide bonds. The van der Waals surface area contributed by atoms with Crippen molar-refractivity contribution >= 4 is 23.4 Å². The van der Waals surface area contributed by atoms with Crippen molar-refractivity contribution in [3.05, 3.63) is 42.0 Å². The van der Waals surface area contributed by atoms with Crippen LogP contribution >= 0.6 is 0 Å². The molecular weight excluding hydrogens is 361 g/mol. The molecule has 2 heterocycles. The molecule has 0 radical (unpaired) electrons. The van der Waals surface area contributed by atoms with Gasteiger partial charge in [-0.15, -0.1) is 0 Å². The van der Waals surface area contributed by atoms with Gasteiger partial charge in [-0.1, -0.05) is 19.9 Å². The van der Waals surface area contributed by atoms with E-state index < -0.39 is 11.9 Å². The normalized spacial score (nSPS) is 14.9. The van der Waals surface area contributed by atoms with Gasteiger partial charge in [0.25, 0.3) is 0 Å². The fraction of sp³-hybridized carbons (Fsp3) is 0.450. The number of hydrogen-bond donors (Lipinski definition) is 3. The number of hydrogen-bond acceptors (Lipinski definition) is 5. The number of benzene rings is 1. The fourth-order valence-corrected chi connectivity index (χ4v) is 3.42. The van der Waals surface area contributed by atoms with Crippen molar-refractivity contribution in [2.75, 3.05) is 23.3 Å². The second-order valence-corrected chi connectivity index (χ2v) is 7.43. The molecule has 7 nitrogen and oxygen atoms in total. The predicted octanol–water partition coefficient (Wildman–Crippen LogP) is 4.00. The van der Waals surface area contributed by atoms with Gasteiger partial charge in [0.2, 0.25) is 5.95 Å². The van der Waals surface area contributed by atoms with Gasteiger partial charge < -0.3 is 20.6 Å². The number of amides is 1. The molecule has 3 rings (SSSR count). The van der Waals surface area contributed by atoms with Crippen LogP contribution in [0, 0.1) is 17.7 Å². The van der Waals surface area contributed by atoms with Crippen molar-refractivity contribution in [3.63, 3.8) is 0 Å². The summed E-state index contributed by atoms with van der Waals surface area (Å²) >= 11 is 0. The first kappa shape index (κ1) is 19.9. The number of anilines is 3. The highest BCUT2D eigenvalue weighted by atomic mass is 19.1. The van der Waals surface area contributed by atoms with E-state index in [0.29, 0.717) is 23.2 Å². The molecular formula is C20H26FN5O2. The monoisotopic (exact) mass is 387 g/mol. The van der Waals surface area contributed by atoms with Crippen molar-refractivity contribution < 1.29 is 14.3 Å². The van der Waals surface area contributed by atoms with Crippen molar-refractivity contribution in [2.24, 2.45) is 11.8 Å². The summed E-state index contributed by atoms with van der Waals surface area (Å²) in [6, 6.07) is 4.55. The van der Waals surface area contributed by atoms with Gasteiger partial charge in [-0.25, -0.2) is 19.2 Å². The Morgan fingerprint density at radius 2 is 1.93 bits per heavy atom. The molecule has 0 atom stereocenters. The minimum absolute atomic E-state index is 0.0766. The maximum absolute atomic E-state index is 14.1. The standard InChI is InChI=1S/C20H26FN5O2/c1-13(2)14-5-7-26(8-6-14)19-22-11-17(12-23-19)25-16-4-3-15(18(21)9-16)10-24-20(27)28/h3-4,9,11-14,24-25H,5-8,10H2,1-2H3,(H,27,28). The maximum Gasteiger partial charge on any atom is 0.404 e. The van der Waals surface area contributed by atoms with E-state index in [9.17, 15) is 9.18 Å². The molecule has 0 aliphatic carbocycles. The van der Waals surface area contributed by atoms with Gasteiger partial charge in [0, 0.05) is 30.9 Å². The van der Waals surface area contributed by atoms with Crippen LogP contribution in [0.15, 0.2) is 30.6 Å². The third kappa shape index (κ3) is 5.09. The molecule has 28 heavy (non-hydrogen) atoms. The lowest BCUT2D eigenvalue weighted by molar-refractivity contribution is 0.194. The molecule has 8 heteroatoms. The molecule has 1 aromatic carbocycles. The molecule has 0 unspecified atom stereocenters. The number of piperidine rings is 1. The molecule has 1 aliphatic heterocycles. The fourth-order valence-electron chi connectivity index (χ4n) is 3.42. The highest BCUT2D eigenvalue weighted by Gasteiger charge is 2.22. The van der Waals surface area contributed by atoms with E-state index in [1.54, 1.807) is 24.5 Å². The summed E-state index contributed by atoms with van der Waals surface area (Å²) in [7, 11) is 0. The van der Waals surface area contributed by atoms with Gasteiger partial charge >= 0.3 is 6.09 Å². The Balaban J connectivity index is 1.58. The zero-order valence-electron chi connectivity index (χ0n) is 16.2. The van der Waals surface area contributed by atoms with Crippen LogP contribution in [0.2, 0.25) is 0 Å². The van der Waals surface area contributed by atoms with Gasteiger partial charge in [-0.3, -0.25) is 0 Å². The van der Waals surface area contributed by atoms with Crippen LogP contribution in [0.1, 0.15) is 32.3 Å². The zero-order valence-corrected chi connectivity index (χ0v) is 16.2. The lowest BCUT2D eigenvalue weighted by Gasteiger charge is -2.33. The molecule has 1 saturated heterocycles. The van der Waals surface area contributed by atoms with Gasteiger partial charge in [0.15, 0.2) is 0 Å². The second-order valence-electron chi connectivity index (χ2n) is 7.43. The third-order valence-corrected chi connectivity index (χ3v) is 5.18. The van der Waals surface area contributed by atoms with Gasteiger partial charge in [-0.2, -0.15) is 0 Å². The lowest BCUT2D eigenvalue weighted by Crippen LogP contribution is -2.36. The van der Waals surface area contributed by atoms with Crippen LogP contribution in [0.25, 0.3) is 0 Å². The molecule has 0 spiro atoms. The van der Waals surface area contributed by atoms with Crippen LogP contribution < -0.4 is 15.5 Å². The Morgan fingerprint density at radius 3 is 2.50 bits per heavy atom. The molecule has 0 bridgehead atoms. The maximum atomic E-state index is 14.1. The smallest absolute Gasteiger partial charge is 0.404 e. The Labute approximate surface area is 164 Å². The largest absolute Gasteiger partial charge is 0.465 e. The van der Waals surface area contributed by atoms with Crippen molar-refractivity contribution in [3.8, 4) is 0 Å².